The number of carbonyl (C=O) groups is 3. The average Bonchev–Trinajstić information content (AvgIpc) is 2.12. The number of hydrogen-bond donors (Lipinski definition) is 1. The van der Waals surface area contributed by atoms with Crippen molar-refractivity contribution in [3.8, 4) is 0 Å². The van der Waals surface area contributed by atoms with Crippen molar-refractivity contribution in [1.82, 2.24) is 0 Å². The molecule has 0 aliphatic heterocycles. The second-order valence-electron chi connectivity index (χ2n) is 2.28. The number of ether oxygens (including phenoxy) is 1. The van der Waals surface area contributed by atoms with E-state index in [9.17, 15) is 14.4 Å². The lowest BCUT2D eigenvalue weighted by atomic mass is 9.97. The van der Waals surface area contributed by atoms with Gasteiger partial charge < -0.3 is 9.84 Å². The monoisotopic (exact) mass is 182 g/mol. The molecule has 0 spiro atoms. The van der Waals surface area contributed by atoms with Gasteiger partial charge in [0.1, 0.15) is 5.57 Å². The molecule has 0 fully saturated rings. The Morgan fingerprint density at radius 2 is 1.92 bits per heavy atom. The zero-order valence-electron chi connectivity index (χ0n) is 6.73. The summed E-state index contributed by atoms with van der Waals surface area (Å²) in [7, 11) is 1.18. The minimum Gasteiger partial charge on any atom is -0.515 e. The third-order valence-corrected chi connectivity index (χ3v) is 1.55. The molecule has 1 N–H and O–H groups in total. The van der Waals surface area contributed by atoms with Crippen LogP contribution in [-0.2, 0) is 19.1 Å². The number of methoxy groups -OCH3 is 1. The van der Waals surface area contributed by atoms with E-state index in [1.165, 1.54) is 7.11 Å². The van der Waals surface area contributed by atoms with Gasteiger partial charge in [-0.3, -0.25) is 14.4 Å². The Balaban J connectivity index is 3.21. The van der Waals surface area contributed by atoms with Gasteiger partial charge in [-0.1, -0.05) is 0 Å². The van der Waals surface area contributed by atoms with Crippen molar-refractivity contribution in [2.24, 2.45) is 0 Å². The first kappa shape index (κ1) is 9.18. The van der Waals surface area contributed by atoms with Crippen molar-refractivity contribution >= 4 is 17.3 Å². The van der Waals surface area contributed by atoms with Crippen molar-refractivity contribution in [2.45, 2.75) is 0 Å². The summed E-state index contributed by atoms with van der Waals surface area (Å²) in [5.41, 5.74) is -0.536. The number of allylic oxidation sites excluding steroid dienone is 3. The van der Waals surface area contributed by atoms with Crippen molar-refractivity contribution in [3.05, 3.63) is 23.7 Å². The molecular formula is C8H6O5. The van der Waals surface area contributed by atoms with Gasteiger partial charge in [-0.05, 0) is 0 Å². The number of aliphatic hydroxyl groups excluding tert-OH is 1. The molecule has 0 unspecified atom stereocenters. The summed E-state index contributed by atoms with van der Waals surface area (Å²) >= 11 is 0. The van der Waals surface area contributed by atoms with Crippen LogP contribution in [-0.4, -0.2) is 29.6 Å². The highest BCUT2D eigenvalue weighted by Crippen LogP contribution is 2.13. The lowest BCUT2D eigenvalue weighted by molar-refractivity contribution is -0.135. The molecule has 5 heteroatoms. The number of ketones is 3. The Morgan fingerprint density at radius 1 is 1.31 bits per heavy atom. The van der Waals surface area contributed by atoms with Crippen LogP contribution in [0.4, 0.5) is 0 Å². The van der Waals surface area contributed by atoms with Crippen molar-refractivity contribution < 1.29 is 24.2 Å². The van der Waals surface area contributed by atoms with E-state index in [-0.39, 0.29) is 5.76 Å². The lowest BCUT2D eigenvalue weighted by Crippen LogP contribution is -2.28. The van der Waals surface area contributed by atoms with Gasteiger partial charge in [0.05, 0.1) is 13.4 Å². The zero-order valence-corrected chi connectivity index (χ0v) is 6.73. The van der Waals surface area contributed by atoms with Crippen molar-refractivity contribution in [3.63, 3.8) is 0 Å². The van der Waals surface area contributed by atoms with Crippen LogP contribution < -0.4 is 0 Å². The van der Waals surface area contributed by atoms with Crippen LogP contribution in [0.3, 0.4) is 0 Å². The van der Waals surface area contributed by atoms with E-state index in [0.29, 0.717) is 6.26 Å². The van der Waals surface area contributed by atoms with Crippen LogP contribution in [0.1, 0.15) is 0 Å². The molecule has 1 rings (SSSR count). The average molecular weight is 182 g/mol. The Bertz CT molecular complexity index is 348. The number of aliphatic hydroxyl groups is 1. The molecule has 13 heavy (non-hydrogen) atoms. The fourth-order valence-electron chi connectivity index (χ4n) is 0.882. The molecule has 0 amide bonds. The molecule has 0 aromatic rings. The SMILES string of the molecule is COC1=CC(=O)/C(=C\O)C(=O)C1=O. The lowest BCUT2D eigenvalue weighted by Gasteiger charge is -2.09. The zero-order chi connectivity index (χ0) is 10.0. The summed E-state index contributed by atoms with van der Waals surface area (Å²) in [5.74, 6) is -3.01. The first-order valence-electron chi connectivity index (χ1n) is 3.35. The molecule has 0 aromatic heterocycles. The third kappa shape index (κ3) is 1.35. The standard InChI is InChI=1S/C8H6O5/c1-13-6-2-5(10)4(3-9)7(11)8(6)12/h2-3,9H,1H3/b4-3+. The Labute approximate surface area is 73.3 Å². The molecule has 5 nitrogen and oxygen atoms in total. The molecule has 0 heterocycles. The molecule has 0 radical (unpaired) electrons. The minimum atomic E-state index is -1.05. The van der Waals surface area contributed by atoms with Crippen LogP contribution >= 0.6 is 0 Å². The normalized spacial score (nSPS) is 20.5. The summed E-state index contributed by atoms with van der Waals surface area (Å²) in [5, 5.41) is 8.48. The third-order valence-electron chi connectivity index (χ3n) is 1.55. The highest BCUT2D eigenvalue weighted by molar-refractivity contribution is 6.57. The predicted octanol–water partition coefficient (Wildman–Crippen LogP) is -0.321. The van der Waals surface area contributed by atoms with Gasteiger partial charge in [-0.2, -0.15) is 0 Å². The number of rotatable bonds is 1. The highest BCUT2D eigenvalue weighted by Gasteiger charge is 2.33. The van der Waals surface area contributed by atoms with Gasteiger partial charge in [-0.25, -0.2) is 0 Å². The molecule has 68 valence electrons. The second kappa shape index (κ2) is 3.22. The largest absolute Gasteiger partial charge is 0.515 e. The maximum atomic E-state index is 11.0. The van der Waals surface area contributed by atoms with Gasteiger partial charge in [0.25, 0.3) is 5.78 Å². The Morgan fingerprint density at radius 3 is 2.38 bits per heavy atom. The topological polar surface area (TPSA) is 80.7 Å². The molecule has 0 bridgehead atoms. The van der Waals surface area contributed by atoms with Crippen LogP contribution in [0.5, 0.6) is 0 Å². The van der Waals surface area contributed by atoms with Gasteiger partial charge in [0.15, 0.2) is 11.5 Å². The van der Waals surface area contributed by atoms with Gasteiger partial charge in [0, 0.05) is 6.08 Å². The first-order chi connectivity index (χ1) is 6.11. The predicted molar refractivity (Wildman–Crippen MR) is 40.8 cm³/mol. The molecule has 1 aliphatic carbocycles. The molecule has 1 aliphatic rings. The van der Waals surface area contributed by atoms with Crippen molar-refractivity contribution in [2.75, 3.05) is 7.11 Å². The van der Waals surface area contributed by atoms with E-state index < -0.39 is 22.9 Å². The van der Waals surface area contributed by atoms with E-state index >= 15 is 0 Å². The summed E-state index contributed by atoms with van der Waals surface area (Å²) in [6.07, 6.45) is 1.19. The fraction of sp³-hybridized carbons (Fsp3) is 0.125. The van der Waals surface area contributed by atoms with Gasteiger partial charge in [-0.15, -0.1) is 0 Å². The second-order valence-corrected chi connectivity index (χ2v) is 2.28. The summed E-state index contributed by atoms with van der Waals surface area (Å²) < 4.78 is 4.50. The van der Waals surface area contributed by atoms with Crippen LogP contribution in [0.25, 0.3) is 0 Å². The van der Waals surface area contributed by atoms with E-state index in [4.69, 9.17) is 5.11 Å². The summed E-state index contributed by atoms with van der Waals surface area (Å²) in [4.78, 5) is 33.0. The van der Waals surface area contributed by atoms with E-state index in [1.54, 1.807) is 0 Å². The van der Waals surface area contributed by atoms with E-state index in [0.717, 1.165) is 6.08 Å². The van der Waals surface area contributed by atoms with E-state index in [2.05, 4.69) is 4.74 Å². The number of hydrogen-bond acceptors (Lipinski definition) is 5. The molecule has 0 saturated carbocycles. The Hall–Kier alpha value is -1.91. The first-order valence-corrected chi connectivity index (χ1v) is 3.35. The number of carbonyl (C=O) groups excluding carboxylic acids is 3. The van der Waals surface area contributed by atoms with Crippen LogP contribution in [0.2, 0.25) is 0 Å². The maximum absolute atomic E-state index is 11.0. The quantitative estimate of drug-likeness (QED) is 0.260. The van der Waals surface area contributed by atoms with Gasteiger partial charge >= 0.3 is 0 Å². The van der Waals surface area contributed by atoms with Gasteiger partial charge in [0.2, 0.25) is 5.78 Å². The Kier molecular flexibility index (Phi) is 2.27. The fourth-order valence-corrected chi connectivity index (χ4v) is 0.882. The smallest absolute Gasteiger partial charge is 0.268 e. The summed E-state index contributed by atoms with van der Waals surface area (Å²) in [6, 6.07) is 0. The van der Waals surface area contributed by atoms with Crippen LogP contribution in [0, 0.1) is 0 Å². The van der Waals surface area contributed by atoms with Crippen LogP contribution in [0.15, 0.2) is 23.7 Å². The molecular weight excluding hydrogens is 176 g/mol. The molecule has 0 saturated heterocycles. The molecule has 0 aromatic carbocycles. The van der Waals surface area contributed by atoms with E-state index in [1.807, 2.05) is 0 Å². The highest BCUT2D eigenvalue weighted by atomic mass is 16.5. The minimum absolute atomic E-state index is 0.305. The van der Waals surface area contributed by atoms with Crippen molar-refractivity contribution in [1.29, 1.82) is 0 Å². The number of Topliss-reactive ketones (excluding diaryl/α,β-unsaturated/α-hetero) is 2. The molecule has 0 atom stereocenters. The summed E-state index contributed by atoms with van der Waals surface area (Å²) in [6.45, 7) is 0. The maximum Gasteiger partial charge on any atom is 0.268 e.